The summed E-state index contributed by atoms with van der Waals surface area (Å²) in [4.78, 5) is 25.9. The number of thiophene rings is 1. The minimum Gasteiger partial charge on any atom is -0.354 e. The van der Waals surface area contributed by atoms with Gasteiger partial charge in [0.25, 0.3) is 0 Å². The van der Waals surface area contributed by atoms with Gasteiger partial charge < -0.3 is 4.74 Å². The highest BCUT2D eigenvalue weighted by molar-refractivity contribution is 7.08. The van der Waals surface area contributed by atoms with Crippen molar-refractivity contribution in [1.82, 2.24) is 0 Å². The normalized spacial score (nSPS) is 20.4. The van der Waals surface area contributed by atoms with Crippen molar-refractivity contribution < 1.29 is 14.3 Å². The molecule has 4 heteroatoms. The Morgan fingerprint density at radius 1 is 0.958 bits per heavy atom. The maximum absolute atomic E-state index is 13.0. The molecular weight excluding hydrogens is 320 g/mol. The molecule has 0 unspecified atom stereocenters. The van der Waals surface area contributed by atoms with Gasteiger partial charge in [-0.05, 0) is 79.8 Å². The standard InChI is InChI=1S/C20H22O3S/c1-12-6-7-13(14-8-9-24-11-14)10-15(12)16-17(21)19(2,3)23-20(4,5)18(16)22/h6-11,16H,1-5H3. The van der Waals surface area contributed by atoms with E-state index in [2.05, 4.69) is 5.38 Å². The monoisotopic (exact) mass is 342 g/mol. The summed E-state index contributed by atoms with van der Waals surface area (Å²) in [6, 6.07) is 8.04. The molecule has 1 aromatic carbocycles. The van der Waals surface area contributed by atoms with Crippen LogP contribution in [0.1, 0.15) is 44.7 Å². The lowest BCUT2D eigenvalue weighted by Crippen LogP contribution is -2.58. The van der Waals surface area contributed by atoms with E-state index in [9.17, 15) is 9.59 Å². The number of ether oxygens (including phenoxy) is 1. The van der Waals surface area contributed by atoms with Crippen LogP contribution in [0.2, 0.25) is 0 Å². The molecule has 2 heterocycles. The second-order valence-electron chi connectivity index (χ2n) is 7.37. The van der Waals surface area contributed by atoms with Crippen molar-refractivity contribution in [2.45, 2.75) is 51.7 Å². The highest BCUT2D eigenvalue weighted by Gasteiger charge is 2.53. The number of benzene rings is 1. The Bertz CT molecular complexity index is 774. The van der Waals surface area contributed by atoms with Gasteiger partial charge >= 0.3 is 0 Å². The number of aryl methyl sites for hydroxylation is 1. The van der Waals surface area contributed by atoms with E-state index in [1.807, 2.05) is 36.6 Å². The summed E-state index contributed by atoms with van der Waals surface area (Å²) < 4.78 is 5.78. The fraction of sp³-hybridized carbons (Fsp3) is 0.400. The Kier molecular flexibility index (Phi) is 4.01. The predicted molar refractivity (Wildman–Crippen MR) is 96.5 cm³/mol. The molecular formula is C20H22O3S. The van der Waals surface area contributed by atoms with Gasteiger partial charge in [-0.3, -0.25) is 9.59 Å². The lowest BCUT2D eigenvalue weighted by molar-refractivity contribution is -0.184. The van der Waals surface area contributed by atoms with Crippen LogP contribution in [0.25, 0.3) is 11.1 Å². The van der Waals surface area contributed by atoms with E-state index in [1.54, 1.807) is 39.0 Å². The van der Waals surface area contributed by atoms with E-state index < -0.39 is 17.1 Å². The van der Waals surface area contributed by atoms with Gasteiger partial charge in [-0.15, -0.1) is 0 Å². The third-order valence-electron chi connectivity index (χ3n) is 4.67. The van der Waals surface area contributed by atoms with Gasteiger partial charge in [-0.2, -0.15) is 11.3 Å². The second-order valence-corrected chi connectivity index (χ2v) is 8.15. The van der Waals surface area contributed by atoms with E-state index in [0.717, 1.165) is 22.3 Å². The molecule has 3 rings (SSSR count). The predicted octanol–water partition coefficient (Wildman–Crippen LogP) is 4.53. The molecule has 1 fully saturated rings. The molecule has 0 bridgehead atoms. The Morgan fingerprint density at radius 2 is 1.58 bits per heavy atom. The van der Waals surface area contributed by atoms with E-state index in [0.29, 0.717) is 0 Å². The molecule has 1 aromatic heterocycles. The number of carbonyl (C=O) groups is 2. The molecule has 0 aliphatic carbocycles. The number of hydrogen-bond donors (Lipinski definition) is 0. The quantitative estimate of drug-likeness (QED) is 0.753. The fourth-order valence-corrected chi connectivity index (χ4v) is 4.06. The topological polar surface area (TPSA) is 43.4 Å². The number of ketones is 2. The summed E-state index contributed by atoms with van der Waals surface area (Å²) in [7, 11) is 0. The first-order valence-corrected chi connectivity index (χ1v) is 9.00. The van der Waals surface area contributed by atoms with E-state index in [4.69, 9.17) is 4.74 Å². The number of Topliss-reactive ketones (excluding diaryl/α,β-unsaturated/α-hetero) is 2. The van der Waals surface area contributed by atoms with Gasteiger partial charge in [0.2, 0.25) is 0 Å². The highest BCUT2D eigenvalue weighted by Crippen LogP contribution is 2.40. The van der Waals surface area contributed by atoms with Crippen molar-refractivity contribution in [1.29, 1.82) is 0 Å². The van der Waals surface area contributed by atoms with Crippen molar-refractivity contribution in [2.24, 2.45) is 0 Å². The van der Waals surface area contributed by atoms with Crippen LogP contribution < -0.4 is 0 Å². The van der Waals surface area contributed by atoms with Gasteiger partial charge in [0, 0.05) is 0 Å². The van der Waals surface area contributed by atoms with Gasteiger partial charge in [-0.1, -0.05) is 12.1 Å². The lowest BCUT2D eigenvalue weighted by Gasteiger charge is -2.43. The minimum atomic E-state index is -0.979. The van der Waals surface area contributed by atoms with E-state index in [1.165, 1.54) is 0 Å². The van der Waals surface area contributed by atoms with Crippen molar-refractivity contribution in [3.05, 3.63) is 46.2 Å². The highest BCUT2D eigenvalue weighted by atomic mass is 32.1. The zero-order chi connectivity index (χ0) is 17.7. The SMILES string of the molecule is Cc1ccc(-c2ccsc2)cc1C1C(=O)C(C)(C)OC(C)(C)C1=O. The zero-order valence-electron chi connectivity index (χ0n) is 14.7. The van der Waals surface area contributed by atoms with Gasteiger partial charge in [0.15, 0.2) is 11.6 Å². The largest absolute Gasteiger partial charge is 0.354 e. The van der Waals surface area contributed by atoms with Crippen LogP contribution in [0.4, 0.5) is 0 Å². The van der Waals surface area contributed by atoms with Crippen LogP contribution >= 0.6 is 11.3 Å². The van der Waals surface area contributed by atoms with Crippen LogP contribution in [-0.4, -0.2) is 22.8 Å². The average molecular weight is 342 g/mol. The van der Waals surface area contributed by atoms with Crippen LogP contribution in [-0.2, 0) is 14.3 Å². The van der Waals surface area contributed by atoms with Crippen molar-refractivity contribution in [3.8, 4) is 11.1 Å². The molecule has 0 N–H and O–H groups in total. The van der Waals surface area contributed by atoms with Crippen LogP contribution in [0.3, 0.4) is 0 Å². The van der Waals surface area contributed by atoms with Crippen LogP contribution in [0.15, 0.2) is 35.0 Å². The van der Waals surface area contributed by atoms with Crippen LogP contribution in [0, 0.1) is 6.92 Å². The molecule has 1 aliphatic heterocycles. The van der Waals surface area contributed by atoms with Crippen molar-refractivity contribution in [2.75, 3.05) is 0 Å². The number of carbonyl (C=O) groups excluding carboxylic acids is 2. The maximum Gasteiger partial charge on any atom is 0.179 e. The first kappa shape index (κ1) is 17.1. The summed E-state index contributed by atoms with van der Waals surface area (Å²) in [5.74, 6) is -1.11. The molecule has 0 amide bonds. The molecule has 126 valence electrons. The third kappa shape index (κ3) is 2.74. The molecule has 0 atom stereocenters. The van der Waals surface area contributed by atoms with Gasteiger partial charge in [0.05, 0.1) is 0 Å². The molecule has 0 saturated carbocycles. The summed E-state index contributed by atoms with van der Waals surface area (Å²) in [6.07, 6.45) is 0. The summed E-state index contributed by atoms with van der Waals surface area (Å²) in [5, 5.41) is 4.09. The Hall–Kier alpha value is -1.78. The molecule has 1 saturated heterocycles. The Balaban J connectivity index is 2.14. The maximum atomic E-state index is 13.0. The van der Waals surface area contributed by atoms with Gasteiger partial charge in [0.1, 0.15) is 17.1 Å². The van der Waals surface area contributed by atoms with Crippen molar-refractivity contribution >= 4 is 22.9 Å². The van der Waals surface area contributed by atoms with Crippen LogP contribution in [0.5, 0.6) is 0 Å². The van der Waals surface area contributed by atoms with Crippen molar-refractivity contribution in [3.63, 3.8) is 0 Å². The van der Waals surface area contributed by atoms with E-state index in [-0.39, 0.29) is 11.6 Å². The third-order valence-corrected chi connectivity index (χ3v) is 5.35. The first-order chi connectivity index (χ1) is 11.1. The summed E-state index contributed by atoms with van der Waals surface area (Å²) in [6.45, 7) is 8.93. The molecule has 0 spiro atoms. The molecule has 3 nitrogen and oxygen atoms in total. The summed E-state index contributed by atoms with van der Waals surface area (Å²) >= 11 is 1.63. The molecule has 1 aliphatic rings. The Labute approximate surface area is 146 Å². The number of rotatable bonds is 2. The fourth-order valence-electron chi connectivity index (χ4n) is 3.39. The molecule has 2 aromatic rings. The second kappa shape index (κ2) is 5.64. The average Bonchev–Trinajstić information content (AvgIpc) is 3.01. The number of hydrogen-bond acceptors (Lipinski definition) is 4. The van der Waals surface area contributed by atoms with Gasteiger partial charge in [-0.25, -0.2) is 0 Å². The molecule has 0 radical (unpaired) electrons. The lowest BCUT2D eigenvalue weighted by atomic mass is 9.73. The summed E-state index contributed by atoms with van der Waals surface area (Å²) in [5.41, 5.74) is 1.92. The zero-order valence-corrected chi connectivity index (χ0v) is 15.5. The minimum absolute atomic E-state index is 0.169. The first-order valence-electron chi connectivity index (χ1n) is 8.05. The Morgan fingerprint density at radius 3 is 2.12 bits per heavy atom. The van der Waals surface area contributed by atoms with E-state index >= 15 is 0 Å². The smallest absolute Gasteiger partial charge is 0.179 e. The molecule has 24 heavy (non-hydrogen) atoms.